The van der Waals surface area contributed by atoms with Crippen molar-refractivity contribution in [3.63, 3.8) is 0 Å². The smallest absolute Gasteiger partial charge is 0.243 e. The average Bonchev–Trinajstić information content (AvgIpc) is 2.43. The van der Waals surface area contributed by atoms with Crippen LogP contribution in [0, 0.1) is 0 Å². The van der Waals surface area contributed by atoms with Gasteiger partial charge in [-0.1, -0.05) is 18.5 Å². The number of hydrogen-bond acceptors (Lipinski definition) is 3. The minimum Gasteiger partial charge on any atom is -0.308 e. The van der Waals surface area contributed by atoms with Gasteiger partial charge < -0.3 is 4.90 Å². The second-order valence-electron chi connectivity index (χ2n) is 5.09. The minimum atomic E-state index is -3.52. The van der Waals surface area contributed by atoms with E-state index in [1.165, 1.54) is 10.4 Å². The van der Waals surface area contributed by atoms with Crippen LogP contribution in [0.3, 0.4) is 0 Å². The first-order valence-electron chi connectivity index (χ1n) is 6.82. The van der Waals surface area contributed by atoms with E-state index >= 15 is 0 Å². The molecular weight excluding hydrogens is 331 g/mol. The van der Waals surface area contributed by atoms with Crippen molar-refractivity contribution in [2.45, 2.75) is 24.1 Å². The molecule has 0 atom stereocenters. The van der Waals surface area contributed by atoms with E-state index in [4.69, 9.17) is 23.2 Å². The second-order valence-corrected chi connectivity index (χ2v) is 7.71. The van der Waals surface area contributed by atoms with E-state index in [2.05, 4.69) is 0 Å². The molecular formula is C14H22Cl2N2O2S. The molecule has 0 saturated heterocycles. The minimum absolute atomic E-state index is 0.188. The highest BCUT2D eigenvalue weighted by Gasteiger charge is 2.24. The number of halogens is 2. The van der Waals surface area contributed by atoms with Gasteiger partial charge in [0.15, 0.2) is 0 Å². The highest BCUT2D eigenvalue weighted by molar-refractivity contribution is 7.89. The maximum absolute atomic E-state index is 12.7. The fraction of sp³-hybridized carbons (Fsp3) is 0.571. The van der Waals surface area contributed by atoms with Gasteiger partial charge in [0, 0.05) is 30.5 Å². The van der Waals surface area contributed by atoms with E-state index < -0.39 is 10.0 Å². The van der Waals surface area contributed by atoms with Crippen molar-refractivity contribution in [1.82, 2.24) is 9.21 Å². The molecule has 0 radical (unpaired) electrons. The average molecular weight is 353 g/mol. The highest BCUT2D eigenvalue weighted by atomic mass is 35.5. The monoisotopic (exact) mass is 352 g/mol. The zero-order valence-electron chi connectivity index (χ0n) is 12.6. The topological polar surface area (TPSA) is 40.6 Å². The van der Waals surface area contributed by atoms with Gasteiger partial charge in [0.2, 0.25) is 10.0 Å². The Hall–Kier alpha value is -0.330. The molecule has 0 unspecified atom stereocenters. The van der Waals surface area contributed by atoms with Gasteiger partial charge in [-0.15, -0.1) is 11.6 Å². The molecule has 0 amide bonds. The first-order chi connectivity index (χ1) is 9.82. The lowest BCUT2D eigenvalue weighted by Crippen LogP contribution is -2.37. The summed E-state index contributed by atoms with van der Waals surface area (Å²) < 4.78 is 27.0. The summed E-state index contributed by atoms with van der Waals surface area (Å²) in [5.41, 5.74) is 0.628. The third-order valence-electron chi connectivity index (χ3n) is 3.07. The van der Waals surface area contributed by atoms with Crippen molar-refractivity contribution in [2.75, 3.05) is 33.7 Å². The first-order valence-corrected chi connectivity index (χ1v) is 9.17. The van der Waals surface area contributed by atoms with Crippen molar-refractivity contribution < 1.29 is 8.42 Å². The first kappa shape index (κ1) is 18.7. The summed E-state index contributed by atoms with van der Waals surface area (Å²) in [6, 6.07) is 4.68. The summed E-state index contributed by atoms with van der Waals surface area (Å²) in [6.45, 7) is 3.59. The number of sulfonamides is 1. The van der Waals surface area contributed by atoms with E-state index in [0.717, 1.165) is 6.42 Å². The van der Waals surface area contributed by atoms with Gasteiger partial charge in [-0.2, -0.15) is 4.31 Å². The molecule has 0 aliphatic heterocycles. The quantitative estimate of drug-likeness (QED) is 0.675. The van der Waals surface area contributed by atoms with E-state index in [-0.39, 0.29) is 10.8 Å². The summed E-state index contributed by atoms with van der Waals surface area (Å²) in [5, 5.41) is 0.485. The Balaban J connectivity index is 3.09. The summed E-state index contributed by atoms with van der Waals surface area (Å²) >= 11 is 11.8. The van der Waals surface area contributed by atoms with Gasteiger partial charge in [-0.3, -0.25) is 0 Å². The molecule has 0 aromatic heterocycles. The summed E-state index contributed by atoms with van der Waals surface area (Å²) in [6.07, 6.45) is 0.766. The van der Waals surface area contributed by atoms with Crippen LogP contribution in [-0.2, 0) is 15.9 Å². The number of rotatable bonds is 8. The standard InChI is InChI=1S/C14H22Cl2N2O2S/c1-4-7-18(9-8-17(2)3)21(19,20)13-5-6-14(16)12(10-13)11-15/h5-6,10H,4,7-9,11H2,1-3H3. The molecule has 4 nitrogen and oxygen atoms in total. The maximum atomic E-state index is 12.7. The SMILES string of the molecule is CCCN(CCN(C)C)S(=O)(=O)c1ccc(Cl)c(CCl)c1. The molecule has 0 aliphatic carbocycles. The van der Waals surface area contributed by atoms with Gasteiger partial charge in [0.05, 0.1) is 4.90 Å². The van der Waals surface area contributed by atoms with Crippen LogP contribution < -0.4 is 0 Å². The van der Waals surface area contributed by atoms with Crippen molar-refractivity contribution in [1.29, 1.82) is 0 Å². The highest BCUT2D eigenvalue weighted by Crippen LogP contribution is 2.24. The van der Waals surface area contributed by atoms with Gasteiger partial charge in [-0.25, -0.2) is 8.42 Å². The van der Waals surface area contributed by atoms with Crippen molar-refractivity contribution in [2.24, 2.45) is 0 Å². The largest absolute Gasteiger partial charge is 0.308 e. The van der Waals surface area contributed by atoms with Crippen molar-refractivity contribution in [3.05, 3.63) is 28.8 Å². The predicted octanol–water partition coefficient (Wildman–Crippen LogP) is 3.04. The molecule has 1 rings (SSSR count). The van der Waals surface area contributed by atoms with E-state index in [9.17, 15) is 8.42 Å². The van der Waals surface area contributed by atoms with Crippen LogP contribution in [0.1, 0.15) is 18.9 Å². The van der Waals surface area contributed by atoms with Gasteiger partial charge in [-0.05, 0) is 44.3 Å². The summed E-state index contributed by atoms with van der Waals surface area (Å²) in [4.78, 5) is 2.21. The predicted molar refractivity (Wildman–Crippen MR) is 88.6 cm³/mol. The Labute approximate surface area is 137 Å². The number of hydrogen-bond donors (Lipinski definition) is 0. The molecule has 0 aliphatic rings. The molecule has 0 heterocycles. The zero-order chi connectivity index (χ0) is 16.0. The normalized spacial score (nSPS) is 12.3. The lowest BCUT2D eigenvalue weighted by molar-refractivity contribution is 0.333. The van der Waals surface area contributed by atoms with Crippen LogP contribution >= 0.6 is 23.2 Å². The van der Waals surface area contributed by atoms with Gasteiger partial charge >= 0.3 is 0 Å². The van der Waals surface area contributed by atoms with Crippen LogP contribution in [0.5, 0.6) is 0 Å². The third kappa shape index (κ3) is 5.11. The van der Waals surface area contributed by atoms with E-state index in [0.29, 0.717) is 30.2 Å². The lowest BCUT2D eigenvalue weighted by Gasteiger charge is -2.23. The van der Waals surface area contributed by atoms with Crippen molar-refractivity contribution in [3.8, 4) is 0 Å². The Morgan fingerprint density at radius 3 is 2.33 bits per heavy atom. The molecule has 1 aromatic carbocycles. The molecule has 0 spiro atoms. The van der Waals surface area contributed by atoms with E-state index in [1.54, 1.807) is 12.1 Å². The van der Waals surface area contributed by atoms with Crippen molar-refractivity contribution >= 4 is 33.2 Å². The summed E-state index contributed by atoms with van der Waals surface area (Å²) in [5.74, 6) is 0.188. The fourth-order valence-corrected chi connectivity index (χ4v) is 3.92. The van der Waals surface area contributed by atoms with Crippen LogP contribution in [0.2, 0.25) is 5.02 Å². The van der Waals surface area contributed by atoms with Crippen LogP contribution in [-0.4, -0.2) is 51.4 Å². The second kappa shape index (κ2) is 8.34. The summed E-state index contributed by atoms with van der Waals surface area (Å²) in [7, 11) is 0.324. The Morgan fingerprint density at radius 1 is 1.14 bits per heavy atom. The molecule has 1 aromatic rings. The fourth-order valence-electron chi connectivity index (χ4n) is 1.88. The zero-order valence-corrected chi connectivity index (χ0v) is 15.0. The maximum Gasteiger partial charge on any atom is 0.243 e. The Kier molecular flexibility index (Phi) is 7.44. The Morgan fingerprint density at radius 2 is 1.81 bits per heavy atom. The number of benzene rings is 1. The number of nitrogens with zero attached hydrogens (tertiary/aromatic N) is 2. The van der Waals surface area contributed by atoms with Crippen LogP contribution in [0.25, 0.3) is 0 Å². The molecule has 0 N–H and O–H groups in total. The molecule has 7 heteroatoms. The van der Waals surface area contributed by atoms with Crippen LogP contribution in [0.4, 0.5) is 0 Å². The molecule has 0 saturated carbocycles. The van der Waals surface area contributed by atoms with Gasteiger partial charge in [0.25, 0.3) is 0 Å². The number of likely N-dealkylation sites (N-methyl/N-ethyl adjacent to an activating group) is 1. The molecule has 0 bridgehead atoms. The third-order valence-corrected chi connectivity index (χ3v) is 5.62. The molecule has 21 heavy (non-hydrogen) atoms. The Bertz CT molecular complexity index is 562. The lowest BCUT2D eigenvalue weighted by atomic mass is 10.2. The van der Waals surface area contributed by atoms with Crippen LogP contribution in [0.15, 0.2) is 23.1 Å². The number of alkyl halides is 1. The van der Waals surface area contributed by atoms with E-state index in [1.807, 2.05) is 25.9 Å². The molecule has 120 valence electrons. The van der Waals surface area contributed by atoms with Gasteiger partial charge in [0.1, 0.15) is 0 Å². The molecule has 0 fully saturated rings.